The number of methoxy groups -OCH3 is 1. The predicted molar refractivity (Wildman–Crippen MR) is 115 cm³/mol. The standard InChI is InChI=1S/C17H16BrCl2N3O4S/c1-27-16-6-3-12(18)7-11(16)9-21-22-17(24)10-23(28(2,25)26)13-4-5-14(19)15(20)8-13/h3-9H,10H2,1-2H3,(H,22,24)/b21-9-. The van der Waals surface area contributed by atoms with Crippen LogP contribution < -0.4 is 14.5 Å². The molecule has 0 aliphatic heterocycles. The average Bonchev–Trinajstić information content (AvgIpc) is 2.61. The van der Waals surface area contributed by atoms with Crippen LogP contribution in [-0.2, 0) is 14.8 Å². The Morgan fingerprint density at radius 3 is 2.57 bits per heavy atom. The third-order valence-electron chi connectivity index (χ3n) is 3.46. The molecule has 7 nitrogen and oxygen atoms in total. The molecule has 2 rings (SSSR count). The number of nitrogens with zero attached hydrogens (tertiary/aromatic N) is 2. The largest absolute Gasteiger partial charge is 0.496 e. The van der Waals surface area contributed by atoms with E-state index in [0.29, 0.717) is 11.3 Å². The fourth-order valence-electron chi connectivity index (χ4n) is 2.19. The van der Waals surface area contributed by atoms with E-state index in [9.17, 15) is 13.2 Å². The Bertz CT molecular complexity index is 1020. The van der Waals surface area contributed by atoms with E-state index in [-0.39, 0.29) is 15.7 Å². The summed E-state index contributed by atoms with van der Waals surface area (Å²) in [5.41, 5.74) is 3.13. The minimum absolute atomic E-state index is 0.174. The topological polar surface area (TPSA) is 88.1 Å². The minimum Gasteiger partial charge on any atom is -0.496 e. The SMILES string of the molecule is COc1ccc(Br)cc1/C=N\NC(=O)CN(c1ccc(Cl)c(Cl)c1)S(C)(=O)=O. The molecule has 0 fully saturated rings. The first-order valence-electron chi connectivity index (χ1n) is 7.70. The minimum atomic E-state index is -3.74. The molecule has 0 bridgehead atoms. The van der Waals surface area contributed by atoms with E-state index in [1.807, 2.05) is 0 Å². The van der Waals surface area contributed by atoms with Crippen LogP contribution in [0.5, 0.6) is 5.75 Å². The second kappa shape index (κ2) is 9.60. The van der Waals surface area contributed by atoms with Crippen molar-refractivity contribution >= 4 is 67.0 Å². The van der Waals surface area contributed by atoms with Crippen molar-refractivity contribution in [3.8, 4) is 5.75 Å². The third-order valence-corrected chi connectivity index (χ3v) is 5.84. The van der Waals surface area contributed by atoms with E-state index in [1.165, 1.54) is 31.5 Å². The van der Waals surface area contributed by atoms with Crippen molar-refractivity contribution in [2.45, 2.75) is 0 Å². The van der Waals surface area contributed by atoms with Crippen LogP contribution in [0.25, 0.3) is 0 Å². The number of amides is 1. The van der Waals surface area contributed by atoms with Crippen molar-refractivity contribution in [3.05, 3.63) is 56.5 Å². The smallest absolute Gasteiger partial charge is 0.260 e. The van der Waals surface area contributed by atoms with Crippen molar-refractivity contribution in [2.24, 2.45) is 5.10 Å². The van der Waals surface area contributed by atoms with Gasteiger partial charge in [0, 0.05) is 10.0 Å². The molecule has 150 valence electrons. The molecule has 0 unspecified atom stereocenters. The fraction of sp³-hybridized carbons (Fsp3) is 0.176. The summed E-state index contributed by atoms with van der Waals surface area (Å²) in [6.07, 6.45) is 2.38. The first-order chi connectivity index (χ1) is 13.1. The van der Waals surface area contributed by atoms with Crippen LogP contribution in [0.2, 0.25) is 10.0 Å². The molecule has 0 radical (unpaired) electrons. The molecule has 2 aromatic rings. The fourth-order valence-corrected chi connectivity index (χ4v) is 3.71. The predicted octanol–water partition coefficient (Wildman–Crippen LogP) is 3.68. The highest BCUT2D eigenvalue weighted by atomic mass is 79.9. The van der Waals surface area contributed by atoms with E-state index >= 15 is 0 Å². The van der Waals surface area contributed by atoms with E-state index in [1.54, 1.807) is 18.2 Å². The average molecular weight is 509 g/mol. The number of sulfonamides is 1. The number of benzene rings is 2. The maximum absolute atomic E-state index is 12.2. The van der Waals surface area contributed by atoms with Crippen molar-refractivity contribution in [1.29, 1.82) is 0 Å². The summed E-state index contributed by atoms with van der Waals surface area (Å²) >= 11 is 15.1. The molecule has 0 spiro atoms. The van der Waals surface area contributed by atoms with E-state index in [0.717, 1.165) is 15.0 Å². The zero-order chi connectivity index (χ0) is 20.9. The number of hydrazone groups is 1. The molecular weight excluding hydrogens is 493 g/mol. The number of carbonyl (C=O) groups is 1. The lowest BCUT2D eigenvalue weighted by molar-refractivity contribution is -0.119. The van der Waals surface area contributed by atoms with Crippen LogP contribution in [-0.4, -0.2) is 40.4 Å². The van der Waals surface area contributed by atoms with E-state index in [4.69, 9.17) is 27.9 Å². The molecule has 0 aliphatic rings. The monoisotopic (exact) mass is 507 g/mol. The molecule has 28 heavy (non-hydrogen) atoms. The molecule has 0 saturated heterocycles. The molecule has 1 amide bonds. The molecule has 0 heterocycles. The van der Waals surface area contributed by atoms with Crippen molar-refractivity contribution in [1.82, 2.24) is 5.43 Å². The lowest BCUT2D eigenvalue weighted by atomic mass is 10.2. The summed E-state index contributed by atoms with van der Waals surface area (Å²) in [5, 5.41) is 4.31. The van der Waals surface area contributed by atoms with Gasteiger partial charge in [-0.1, -0.05) is 39.1 Å². The van der Waals surface area contributed by atoms with Crippen LogP contribution in [0.1, 0.15) is 5.56 Å². The summed E-state index contributed by atoms with van der Waals surface area (Å²) in [4.78, 5) is 12.2. The van der Waals surface area contributed by atoms with Crippen LogP contribution in [0.15, 0.2) is 46.0 Å². The number of hydrogen-bond acceptors (Lipinski definition) is 5. The summed E-state index contributed by atoms with van der Waals surface area (Å²) in [6.45, 7) is -0.482. The van der Waals surface area contributed by atoms with Gasteiger partial charge in [-0.25, -0.2) is 13.8 Å². The van der Waals surface area contributed by atoms with Crippen LogP contribution in [0.4, 0.5) is 5.69 Å². The van der Waals surface area contributed by atoms with Gasteiger partial charge in [0.1, 0.15) is 12.3 Å². The first kappa shape index (κ1) is 22.5. The van der Waals surface area contributed by atoms with Gasteiger partial charge >= 0.3 is 0 Å². The normalized spacial score (nSPS) is 11.5. The van der Waals surface area contributed by atoms with Gasteiger partial charge in [0.15, 0.2) is 0 Å². The number of nitrogens with one attached hydrogen (secondary N) is 1. The van der Waals surface area contributed by atoms with E-state index < -0.39 is 22.5 Å². The number of carbonyl (C=O) groups excluding carboxylic acids is 1. The Labute approximate surface area is 181 Å². The van der Waals surface area contributed by atoms with Crippen LogP contribution in [0, 0.1) is 0 Å². The maximum Gasteiger partial charge on any atom is 0.260 e. The van der Waals surface area contributed by atoms with E-state index in [2.05, 4.69) is 26.5 Å². The number of rotatable bonds is 7. The number of anilines is 1. The lowest BCUT2D eigenvalue weighted by Gasteiger charge is -2.21. The molecule has 1 N–H and O–H groups in total. The number of hydrogen-bond donors (Lipinski definition) is 1. The van der Waals surface area contributed by atoms with Gasteiger partial charge in [-0.05, 0) is 36.4 Å². The van der Waals surface area contributed by atoms with Gasteiger partial charge in [-0.3, -0.25) is 9.10 Å². The Morgan fingerprint density at radius 1 is 1.25 bits per heavy atom. The van der Waals surface area contributed by atoms with Gasteiger partial charge in [-0.15, -0.1) is 0 Å². The molecule has 0 aromatic heterocycles. The number of ether oxygens (including phenoxy) is 1. The Kier molecular flexibility index (Phi) is 7.70. The summed E-state index contributed by atoms with van der Waals surface area (Å²) in [6, 6.07) is 9.57. The van der Waals surface area contributed by atoms with Gasteiger partial charge in [0.2, 0.25) is 10.0 Å². The lowest BCUT2D eigenvalue weighted by Crippen LogP contribution is -2.39. The first-order valence-corrected chi connectivity index (χ1v) is 11.1. The quantitative estimate of drug-likeness (QED) is 0.456. The summed E-state index contributed by atoms with van der Waals surface area (Å²) in [5.74, 6) is -0.0727. The van der Waals surface area contributed by atoms with Gasteiger partial charge in [0.05, 0.1) is 35.3 Å². The Hall–Kier alpha value is -1.81. The molecule has 0 atom stereocenters. The summed E-state index contributed by atoms with van der Waals surface area (Å²) < 4.78 is 31.1. The van der Waals surface area contributed by atoms with Crippen LogP contribution in [0.3, 0.4) is 0 Å². The zero-order valence-electron chi connectivity index (χ0n) is 14.8. The van der Waals surface area contributed by atoms with Gasteiger partial charge in [0.25, 0.3) is 5.91 Å². The highest BCUT2D eigenvalue weighted by Crippen LogP contribution is 2.28. The summed E-state index contributed by atoms with van der Waals surface area (Å²) in [7, 11) is -2.23. The molecule has 11 heteroatoms. The Morgan fingerprint density at radius 2 is 1.96 bits per heavy atom. The third kappa shape index (κ3) is 6.10. The highest BCUT2D eigenvalue weighted by Gasteiger charge is 2.21. The van der Waals surface area contributed by atoms with Crippen molar-refractivity contribution < 1.29 is 17.9 Å². The second-order valence-corrected chi connectivity index (χ2v) is 9.18. The molecule has 0 aliphatic carbocycles. The van der Waals surface area contributed by atoms with Crippen LogP contribution >= 0.6 is 39.1 Å². The zero-order valence-corrected chi connectivity index (χ0v) is 18.7. The van der Waals surface area contributed by atoms with Crippen molar-refractivity contribution in [3.63, 3.8) is 0 Å². The van der Waals surface area contributed by atoms with Gasteiger partial charge in [-0.2, -0.15) is 5.10 Å². The molecular formula is C17H16BrCl2N3O4S. The number of halogens is 3. The second-order valence-electron chi connectivity index (χ2n) is 5.55. The Balaban J connectivity index is 2.14. The van der Waals surface area contributed by atoms with Crippen molar-refractivity contribution in [2.75, 3.05) is 24.2 Å². The van der Waals surface area contributed by atoms with Gasteiger partial charge < -0.3 is 4.74 Å². The molecule has 2 aromatic carbocycles. The maximum atomic E-state index is 12.2. The highest BCUT2D eigenvalue weighted by molar-refractivity contribution is 9.10. The molecule has 0 saturated carbocycles.